The molecular weight excluding hydrogens is 362 g/mol. The third kappa shape index (κ3) is 4.43. The minimum atomic E-state index is -3.19. The van der Waals surface area contributed by atoms with Crippen molar-refractivity contribution in [1.82, 2.24) is 5.32 Å². The minimum Gasteiger partial charge on any atom is -0.399 e. The number of hydrogen-bond acceptors (Lipinski definition) is 4. The van der Waals surface area contributed by atoms with E-state index in [1.165, 1.54) is 0 Å². The molecule has 25 heavy (non-hydrogen) atoms. The van der Waals surface area contributed by atoms with Crippen LogP contribution in [0.5, 0.6) is 0 Å². The summed E-state index contributed by atoms with van der Waals surface area (Å²) in [7, 11) is -3.19. The van der Waals surface area contributed by atoms with E-state index in [-0.39, 0.29) is 11.5 Å². The maximum absolute atomic E-state index is 12.0. The summed E-state index contributed by atoms with van der Waals surface area (Å²) in [5.41, 5.74) is 8.99. The summed E-state index contributed by atoms with van der Waals surface area (Å²) in [5.74, 6) is -0.250. The number of carbonyl (C=O) groups excluding carboxylic acids is 1. The zero-order valence-electron chi connectivity index (χ0n) is 13.3. The molecule has 1 aliphatic heterocycles. The molecule has 0 spiro atoms. The Morgan fingerprint density at radius 1 is 1.00 bits per heavy atom. The van der Waals surface area contributed by atoms with Crippen molar-refractivity contribution in [3.05, 3.63) is 48.5 Å². The SMILES string of the molecule is Nc1ccc(-c2ccc(NC(=O)N[C@H]3CS(=O)(=O)C[C@@H]3Cl)cc2)cc1. The topological polar surface area (TPSA) is 101 Å². The summed E-state index contributed by atoms with van der Waals surface area (Å²) in [6, 6.07) is 13.7. The average molecular weight is 380 g/mol. The van der Waals surface area contributed by atoms with Crippen LogP contribution in [0, 0.1) is 0 Å². The highest BCUT2D eigenvalue weighted by atomic mass is 35.5. The van der Waals surface area contributed by atoms with Crippen LogP contribution in [-0.4, -0.2) is 37.4 Å². The number of alkyl halides is 1. The third-order valence-electron chi connectivity index (χ3n) is 3.99. The van der Waals surface area contributed by atoms with Crippen LogP contribution in [-0.2, 0) is 9.84 Å². The van der Waals surface area contributed by atoms with Gasteiger partial charge in [0.2, 0.25) is 0 Å². The maximum atomic E-state index is 12.0. The molecule has 8 heteroatoms. The van der Waals surface area contributed by atoms with E-state index in [4.69, 9.17) is 17.3 Å². The predicted molar refractivity (Wildman–Crippen MR) is 101 cm³/mol. The van der Waals surface area contributed by atoms with Gasteiger partial charge < -0.3 is 16.4 Å². The number of urea groups is 1. The number of sulfone groups is 1. The molecule has 2 aromatic carbocycles. The number of amides is 2. The number of anilines is 2. The fraction of sp³-hybridized carbons (Fsp3) is 0.235. The van der Waals surface area contributed by atoms with Crippen molar-refractivity contribution in [2.24, 2.45) is 0 Å². The van der Waals surface area contributed by atoms with Gasteiger partial charge in [-0.2, -0.15) is 0 Å². The summed E-state index contributed by atoms with van der Waals surface area (Å²) < 4.78 is 23.0. The van der Waals surface area contributed by atoms with Gasteiger partial charge in [-0.15, -0.1) is 11.6 Å². The molecule has 0 saturated carbocycles. The van der Waals surface area contributed by atoms with Gasteiger partial charge in [-0.05, 0) is 35.4 Å². The van der Waals surface area contributed by atoms with E-state index in [1.54, 1.807) is 12.1 Å². The van der Waals surface area contributed by atoms with Gasteiger partial charge in [-0.1, -0.05) is 24.3 Å². The Kier molecular flexibility index (Phi) is 4.87. The minimum absolute atomic E-state index is 0.115. The molecule has 2 aromatic rings. The summed E-state index contributed by atoms with van der Waals surface area (Å²) in [6.07, 6.45) is 0. The van der Waals surface area contributed by atoms with Crippen molar-refractivity contribution in [3.63, 3.8) is 0 Å². The van der Waals surface area contributed by atoms with E-state index in [2.05, 4.69) is 10.6 Å². The lowest BCUT2D eigenvalue weighted by atomic mass is 10.1. The van der Waals surface area contributed by atoms with Gasteiger partial charge in [-0.25, -0.2) is 13.2 Å². The summed E-state index contributed by atoms with van der Waals surface area (Å²) in [6.45, 7) is 0. The molecule has 4 N–H and O–H groups in total. The smallest absolute Gasteiger partial charge is 0.319 e. The van der Waals surface area contributed by atoms with Gasteiger partial charge in [0.1, 0.15) is 0 Å². The standard InChI is InChI=1S/C17H18ClN3O3S/c18-15-9-25(23,24)10-16(15)21-17(22)20-14-7-3-12(4-8-14)11-1-5-13(19)6-2-11/h1-8,15-16H,9-10,19H2,(H2,20,21,22)/t15-,16-/m0/s1. The normalized spacial score (nSPS) is 21.6. The van der Waals surface area contributed by atoms with Crippen molar-refractivity contribution in [3.8, 4) is 11.1 Å². The lowest BCUT2D eigenvalue weighted by Crippen LogP contribution is -2.42. The van der Waals surface area contributed by atoms with Crippen LogP contribution >= 0.6 is 11.6 Å². The van der Waals surface area contributed by atoms with Crippen LogP contribution in [0.3, 0.4) is 0 Å². The van der Waals surface area contributed by atoms with Crippen LogP contribution in [0.15, 0.2) is 48.5 Å². The number of halogens is 1. The summed E-state index contributed by atoms with van der Waals surface area (Å²) in [4.78, 5) is 12.0. The van der Waals surface area contributed by atoms with Gasteiger partial charge in [0.25, 0.3) is 0 Å². The van der Waals surface area contributed by atoms with Gasteiger partial charge in [0.15, 0.2) is 9.84 Å². The van der Waals surface area contributed by atoms with Gasteiger partial charge >= 0.3 is 6.03 Å². The first kappa shape index (κ1) is 17.6. The third-order valence-corrected chi connectivity index (χ3v) is 6.36. The molecule has 1 saturated heterocycles. The highest BCUT2D eigenvalue weighted by Crippen LogP contribution is 2.23. The lowest BCUT2D eigenvalue weighted by molar-refractivity contribution is 0.249. The van der Waals surface area contributed by atoms with Crippen LogP contribution < -0.4 is 16.4 Å². The van der Waals surface area contributed by atoms with Crippen molar-refractivity contribution in [2.75, 3.05) is 22.6 Å². The zero-order chi connectivity index (χ0) is 18.0. The van der Waals surface area contributed by atoms with Crippen LogP contribution in [0.2, 0.25) is 0 Å². The summed E-state index contributed by atoms with van der Waals surface area (Å²) in [5, 5.41) is 4.68. The van der Waals surface area contributed by atoms with Gasteiger partial charge in [0, 0.05) is 11.4 Å². The van der Waals surface area contributed by atoms with Crippen molar-refractivity contribution in [1.29, 1.82) is 0 Å². The molecule has 0 radical (unpaired) electrons. The molecule has 0 unspecified atom stereocenters. The molecule has 1 aliphatic rings. The maximum Gasteiger partial charge on any atom is 0.319 e. The Morgan fingerprint density at radius 3 is 2.08 bits per heavy atom. The number of carbonyl (C=O) groups is 1. The molecule has 0 aromatic heterocycles. The molecule has 0 aliphatic carbocycles. The van der Waals surface area contributed by atoms with Crippen LogP contribution in [0.4, 0.5) is 16.2 Å². The van der Waals surface area contributed by atoms with E-state index in [9.17, 15) is 13.2 Å². The highest BCUT2D eigenvalue weighted by Gasteiger charge is 2.37. The molecule has 6 nitrogen and oxygen atoms in total. The Bertz CT molecular complexity index is 867. The zero-order valence-corrected chi connectivity index (χ0v) is 14.8. The van der Waals surface area contributed by atoms with E-state index in [1.807, 2.05) is 36.4 Å². The second-order valence-corrected chi connectivity index (χ2v) is 8.71. The Labute approximate surface area is 151 Å². The quantitative estimate of drug-likeness (QED) is 0.563. The molecule has 2 amide bonds. The van der Waals surface area contributed by atoms with Crippen LogP contribution in [0.25, 0.3) is 11.1 Å². The Morgan fingerprint density at radius 2 is 1.56 bits per heavy atom. The van der Waals surface area contributed by atoms with Crippen molar-refractivity contribution in [2.45, 2.75) is 11.4 Å². The van der Waals surface area contributed by atoms with Crippen LogP contribution in [0.1, 0.15) is 0 Å². The molecular formula is C17H18ClN3O3S. The summed E-state index contributed by atoms with van der Waals surface area (Å²) >= 11 is 5.98. The number of hydrogen-bond donors (Lipinski definition) is 3. The number of benzene rings is 2. The fourth-order valence-corrected chi connectivity index (χ4v) is 5.24. The van der Waals surface area contributed by atoms with Gasteiger partial charge in [-0.3, -0.25) is 0 Å². The molecule has 1 heterocycles. The van der Waals surface area contributed by atoms with Crippen molar-refractivity contribution < 1.29 is 13.2 Å². The number of nitrogens with one attached hydrogen (secondary N) is 2. The second kappa shape index (κ2) is 6.93. The molecule has 132 valence electrons. The first-order chi connectivity index (χ1) is 11.8. The number of nitrogen functional groups attached to an aromatic ring is 1. The van der Waals surface area contributed by atoms with E-state index in [0.29, 0.717) is 11.4 Å². The predicted octanol–water partition coefficient (Wildman–Crippen LogP) is 2.46. The largest absolute Gasteiger partial charge is 0.399 e. The first-order valence-corrected chi connectivity index (χ1v) is 9.96. The average Bonchev–Trinajstić information content (AvgIpc) is 2.80. The monoisotopic (exact) mass is 379 g/mol. The van der Waals surface area contributed by atoms with E-state index < -0.39 is 27.3 Å². The molecule has 2 atom stereocenters. The molecule has 0 bridgehead atoms. The van der Waals surface area contributed by atoms with E-state index in [0.717, 1.165) is 11.1 Å². The van der Waals surface area contributed by atoms with Gasteiger partial charge in [0.05, 0.1) is 22.9 Å². The fourth-order valence-electron chi connectivity index (χ4n) is 2.69. The lowest BCUT2D eigenvalue weighted by Gasteiger charge is -2.15. The highest BCUT2D eigenvalue weighted by molar-refractivity contribution is 7.91. The van der Waals surface area contributed by atoms with Crippen molar-refractivity contribution >= 4 is 38.8 Å². The number of nitrogens with two attached hydrogens (primary N) is 1. The molecule has 1 fully saturated rings. The Balaban J connectivity index is 1.61. The van der Waals surface area contributed by atoms with E-state index >= 15 is 0 Å². The Hall–Kier alpha value is -2.25. The number of rotatable bonds is 3. The molecule has 3 rings (SSSR count). The first-order valence-electron chi connectivity index (χ1n) is 7.70. The second-order valence-electron chi connectivity index (χ2n) is 6.00.